The predicted octanol–water partition coefficient (Wildman–Crippen LogP) is 2.59. The summed E-state index contributed by atoms with van der Waals surface area (Å²) in [6, 6.07) is 12.1. The zero-order valence-electron chi connectivity index (χ0n) is 13.7. The Morgan fingerprint density at radius 3 is 2.62 bits per heavy atom. The molecule has 0 radical (unpaired) electrons. The number of piperazine rings is 1. The monoisotopic (exact) mass is 340 g/mol. The molecular weight excluding hydrogens is 320 g/mol. The summed E-state index contributed by atoms with van der Waals surface area (Å²) in [6.07, 6.45) is 0. The second kappa shape index (κ2) is 6.37. The number of thiophene rings is 1. The maximum absolute atomic E-state index is 12.4. The second-order valence-corrected chi connectivity index (χ2v) is 7.07. The van der Waals surface area contributed by atoms with Crippen LogP contribution in [-0.4, -0.2) is 51.4 Å². The molecule has 0 aliphatic carbocycles. The molecule has 0 bridgehead atoms. The minimum absolute atomic E-state index is 0.160. The van der Waals surface area contributed by atoms with Crippen LogP contribution in [0.15, 0.2) is 41.8 Å². The fourth-order valence-corrected chi connectivity index (χ4v) is 3.89. The summed E-state index contributed by atoms with van der Waals surface area (Å²) in [6.45, 7) is 4.16. The van der Waals surface area contributed by atoms with Gasteiger partial charge >= 0.3 is 0 Å². The highest BCUT2D eigenvalue weighted by molar-refractivity contribution is 7.12. The minimum Gasteiger partial charge on any atom is -0.335 e. The molecule has 3 heterocycles. The highest BCUT2D eigenvalue weighted by atomic mass is 32.1. The van der Waals surface area contributed by atoms with Crippen LogP contribution in [0.2, 0.25) is 0 Å². The molecule has 3 aromatic rings. The Hall–Kier alpha value is -2.18. The molecule has 4 rings (SSSR count). The van der Waals surface area contributed by atoms with Crippen molar-refractivity contribution in [2.75, 3.05) is 26.2 Å². The lowest BCUT2D eigenvalue weighted by atomic mass is 10.3. The van der Waals surface area contributed by atoms with Gasteiger partial charge in [0.1, 0.15) is 5.82 Å². The molecule has 5 nitrogen and oxygen atoms in total. The summed E-state index contributed by atoms with van der Waals surface area (Å²) in [5, 5.41) is 1.95. The summed E-state index contributed by atoms with van der Waals surface area (Å²) in [5.74, 6) is 1.24. The van der Waals surface area contributed by atoms with Crippen LogP contribution in [0.1, 0.15) is 15.5 Å². The van der Waals surface area contributed by atoms with E-state index in [0.29, 0.717) is 0 Å². The Morgan fingerprint density at radius 2 is 1.92 bits per heavy atom. The van der Waals surface area contributed by atoms with Gasteiger partial charge < -0.3 is 9.47 Å². The van der Waals surface area contributed by atoms with Crippen molar-refractivity contribution in [2.24, 2.45) is 7.05 Å². The lowest BCUT2D eigenvalue weighted by Gasteiger charge is -2.34. The predicted molar refractivity (Wildman–Crippen MR) is 96.2 cm³/mol. The summed E-state index contributed by atoms with van der Waals surface area (Å²) in [4.78, 5) is 22.3. The van der Waals surface area contributed by atoms with E-state index >= 15 is 0 Å². The number of para-hydroxylation sites is 2. The molecule has 124 valence electrons. The molecule has 1 aliphatic heterocycles. The zero-order valence-corrected chi connectivity index (χ0v) is 14.5. The van der Waals surface area contributed by atoms with Crippen molar-refractivity contribution < 1.29 is 4.79 Å². The second-order valence-electron chi connectivity index (χ2n) is 6.12. The fourth-order valence-electron chi connectivity index (χ4n) is 3.20. The van der Waals surface area contributed by atoms with Gasteiger partial charge in [-0.05, 0) is 23.6 Å². The number of carbonyl (C=O) groups is 1. The van der Waals surface area contributed by atoms with Crippen LogP contribution < -0.4 is 0 Å². The molecule has 1 fully saturated rings. The van der Waals surface area contributed by atoms with Gasteiger partial charge in [-0.1, -0.05) is 18.2 Å². The normalized spacial score (nSPS) is 16.0. The number of fused-ring (bicyclic) bond motifs is 1. The molecule has 0 unspecified atom stereocenters. The summed E-state index contributed by atoms with van der Waals surface area (Å²) < 4.78 is 2.17. The number of imidazole rings is 1. The molecule has 2 aromatic heterocycles. The SMILES string of the molecule is Cn1c(CN2CCN(C(=O)c3cccs3)CC2)nc2ccccc21. The lowest BCUT2D eigenvalue weighted by molar-refractivity contribution is 0.0629. The third-order valence-electron chi connectivity index (χ3n) is 4.64. The van der Waals surface area contributed by atoms with Gasteiger partial charge in [0.2, 0.25) is 0 Å². The van der Waals surface area contributed by atoms with Gasteiger partial charge in [-0.15, -0.1) is 11.3 Å². The van der Waals surface area contributed by atoms with Gasteiger partial charge in [0.15, 0.2) is 0 Å². The van der Waals surface area contributed by atoms with E-state index in [0.717, 1.165) is 48.9 Å². The topological polar surface area (TPSA) is 41.4 Å². The van der Waals surface area contributed by atoms with E-state index in [1.807, 2.05) is 34.5 Å². The number of rotatable bonds is 3. The average Bonchev–Trinajstić information content (AvgIpc) is 3.25. The number of aryl methyl sites for hydroxylation is 1. The minimum atomic E-state index is 0.160. The molecule has 0 N–H and O–H groups in total. The number of carbonyl (C=O) groups excluding carboxylic acids is 1. The molecule has 1 amide bonds. The van der Waals surface area contributed by atoms with E-state index in [-0.39, 0.29) is 5.91 Å². The van der Waals surface area contributed by atoms with Gasteiger partial charge in [-0.2, -0.15) is 0 Å². The van der Waals surface area contributed by atoms with Crippen molar-refractivity contribution in [1.82, 2.24) is 19.4 Å². The third-order valence-corrected chi connectivity index (χ3v) is 5.49. The van der Waals surface area contributed by atoms with Crippen LogP contribution in [0.3, 0.4) is 0 Å². The maximum atomic E-state index is 12.4. The smallest absolute Gasteiger partial charge is 0.264 e. The zero-order chi connectivity index (χ0) is 16.5. The van der Waals surface area contributed by atoms with E-state index < -0.39 is 0 Å². The number of hydrogen-bond acceptors (Lipinski definition) is 4. The summed E-state index contributed by atoms with van der Waals surface area (Å²) in [5.41, 5.74) is 2.21. The Kier molecular flexibility index (Phi) is 4.08. The Balaban J connectivity index is 1.41. The van der Waals surface area contributed by atoms with Gasteiger partial charge in [0, 0.05) is 33.2 Å². The highest BCUT2D eigenvalue weighted by Gasteiger charge is 2.23. The molecule has 1 aromatic carbocycles. The first kappa shape index (κ1) is 15.4. The lowest BCUT2D eigenvalue weighted by Crippen LogP contribution is -2.48. The van der Waals surface area contributed by atoms with Crippen molar-refractivity contribution in [2.45, 2.75) is 6.54 Å². The summed E-state index contributed by atoms with van der Waals surface area (Å²) in [7, 11) is 2.07. The van der Waals surface area contributed by atoms with Crippen molar-refractivity contribution in [3.63, 3.8) is 0 Å². The van der Waals surface area contributed by atoms with Crippen LogP contribution in [0.4, 0.5) is 0 Å². The van der Waals surface area contributed by atoms with E-state index in [1.165, 1.54) is 16.9 Å². The Labute approximate surface area is 145 Å². The van der Waals surface area contributed by atoms with E-state index in [4.69, 9.17) is 4.98 Å². The highest BCUT2D eigenvalue weighted by Crippen LogP contribution is 2.17. The first-order valence-electron chi connectivity index (χ1n) is 8.18. The van der Waals surface area contributed by atoms with Gasteiger partial charge in [-0.25, -0.2) is 4.98 Å². The summed E-state index contributed by atoms with van der Waals surface area (Å²) >= 11 is 1.51. The van der Waals surface area contributed by atoms with Gasteiger partial charge in [0.25, 0.3) is 5.91 Å². The molecule has 0 atom stereocenters. The molecule has 24 heavy (non-hydrogen) atoms. The van der Waals surface area contributed by atoms with Gasteiger partial charge in [-0.3, -0.25) is 9.69 Å². The standard InChI is InChI=1S/C18H20N4OS/c1-20-15-6-3-2-5-14(15)19-17(20)13-21-8-10-22(11-9-21)18(23)16-7-4-12-24-16/h2-7,12H,8-11,13H2,1H3. The number of amides is 1. The Morgan fingerprint density at radius 1 is 1.12 bits per heavy atom. The maximum Gasteiger partial charge on any atom is 0.264 e. The molecule has 1 saturated heterocycles. The number of benzene rings is 1. The van der Waals surface area contributed by atoms with Gasteiger partial charge in [0.05, 0.1) is 22.5 Å². The first-order valence-corrected chi connectivity index (χ1v) is 9.06. The quantitative estimate of drug-likeness (QED) is 0.736. The largest absolute Gasteiger partial charge is 0.335 e. The van der Waals surface area contributed by atoms with Crippen LogP contribution in [-0.2, 0) is 13.6 Å². The molecular formula is C18H20N4OS. The Bertz CT molecular complexity index is 847. The van der Waals surface area contributed by atoms with Crippen molar-refractivity contribution in [1.29, 1.82) is 0 Å². The third kappa shape index (κ3) is 2.83. The van der Waals surface area contributed by atoms with Crippen molar-refractivity contribution >= 4 is 28.3 Å². The molecule has 0 saturated carbocycles. The molecule has 6 heteroatoms. The van der Waals surface area contributed by atoms with Crippen LogP contribution in [0.5, 0.6) is 0 Å². The fraction of sp³-hybridized carbons (Fsp3) is 0.333. The van der Waals surface area contributed by atoms with Crippen molar-refractivity contribution in [3.8, 4) is 0 Å². The number of nitrogens with zero attached hydrogens (tertiary/aromatic N) is 4. The van der Waals surface area contributed by atoms with Crippen LogP contribution >= 0.6 is 11.3 Å². The number of aromatic nitrogens is 2. The van der Waals surface area contributed by atoms with E-state index in [9.17, 15) is 4.79 Å². The van der Waals surface area contributed by atoms with Crippen LogP contribution in [0, 0.1) is 0 Å². The average molecular weight is 340 g/mol. The molecule has 1 aliphatic rings. The molecule has 0 spiro atoms. The van der Waals surface area contributed by atoms with Crippen LogP contribution in [0.25, 0.3) is 11.0 Å². The van der Waals surface area contributed by atoms with E-state index in [2.05, 4.69) is 28.6 Å². The first-order chi connectivity index (χ1) is 11.7. The van der Waals surface area contributed by atoms with E-state index in [1.54, 1.807) is 0 Å². The van der Waals surface area contributed by atoms with Crippen molar-refractivity contribution in [3.05, 3.63) is 52.5 Å². The number of hydrogen-bond donors (Lipinski definition) is 0.